The Bertz CT molecular complexity index is 241. The highest BCUT2D eigenvalue weighted by atomic mass is 16.6. The van der Waals surface area contributed by atoms with Crippen molar-refractivity contribution in [1.82, 2.24) is 4.90 Å². The van der Waals surface area contributed by atoms with Gasteiger partial charge in [-0.15, -0.1) is 0 Å². The first-order valence-corrected chi connectivity index (χ1v) is 8.93. The summed E-state index contributed by atoms with van der Waals surface area (Å²) in [6, 6.07) is 0. The molecule has 126 valence electrons. The molecule has 1 atom stereocenters. The van der Waals surface area contributed by atoms with Gasteiger partial charge >= 0.3 is 5.97 Å². The van der Waals surface area contributed by atoms with E-state index in [9.17, 15) is 4.79 Å². The maximum atomic E-state index is 11.6. The number of esters is 1. The van der Waals surface area contributed by atoms with Crippen LogP contribution in [-0.2, 0) is 9.53 Å². The van der Waals surface area contributed by atoms with Crippen molar-refractivity contribution in [2.24, 2.45) is 0 Å². The van der Waals surface area contributed by atoms with Gasteiger partial charge in [-0.1, -0.05) is 71.1 Å². The van der Waals surface area contributed by atoms with Crippen molar-refractivity contribution in [3.8, 4) is 0 Å². The van der Waals surface area contributed by atoms with Gasteiger partial charge in [0.05, 0.1) is 0 Å². The molecule has 0 N–H and O–H groups in total. The molecule has 0 bridgehead atoms. The van der Waals surface area contributed by atoms with E-state index in [1.54, 1.807) is 0 Å². The number of hydrogen-bond donors (Lipinski definition) is 0. The van der Waals surface area contributed by atoms with Crippen LogP contribution < -0.4 is 0 Å². The third kappa shape index (κ3) is 14.1. The molecule has 0 aliphatic heterocycles. The molecule has 0 saturated heterocycles. The van der Waals surface area contributed by atoms with E-state index in [-0.39, 0.29) is 12.2 Å². The quantitative estimate of drug-likeness (QED) is 0.253. The fraction of sp³-hybridized carbons (Fsp3) is 0.944. The van der Waals surface area contributed by atoms with Crippen LogP contribution in [0.4, 0.5) is 0 Å². The first kappa shape index (κ1) is 20.4. The number of carbonyl (C=O) groups excluding carboxylic acids is 1. The number of ether oxygens (including phenoxy) is 1. The molecule has 1 unspecified atom stereocenters. The predicted octanol–water partition coefficient (Wildman–Crippen LogP) is 5.14. The van der Waals surface area contributed by atoms with Gasteiger partial charge in [0.15, 0.2) is 6.23 Å². The summed E-state index contributed by atoms with van der Waals surface area (Å²) >= 11 is 0. The molecule has 0 heterocycles. The van der Waals surface area contributed by atoms with Crippen molar-refractivity contribution in [2.45, 2.75) is 97.1 Å². The normalized spacial score (nSPS) is 12.6. The van der Waals surface area contributed by atoms with E-state index in [2.05, 4.69) is 6.92 Å². The Morgan fingerprint density at radius 3 is 1.71 bits per heavy atom. The second kappa shape index (κ2) is 14.4. The Labute approximate surface area is 132 Å². The number of unbranched alkanes of at least 4 members (excludes halogenated alkanes) is 10. The molecule has 0 spiro atoms. The van der Waals surface area contributed by atoms with E-state index in [1.165, 1.54) is 57.8 Å². The Balaban J connectivity index is 3.23. The summed E-state index contributed by atoms with van der Waals surface area (Å²) in [7, 11) is 3.83. The molecule has 0 aliphatic carbocycles. The van der Waals surface area contributed by atoms with Gasteiger partial charge in [-0.2, -0.15) is 0 Å². The summed E-state index contributed by atoms with van der Waals surface area (Å²) in [6.07, 6.45) is 14.8. The minimum absolute atomic E-state index is 0.0628. The van der Waals surface area contributed by atoms with Crippen molar-refractivity contribution >= 4 is 5.97 Å². The average Bonchev–Trinajstić information content (AvgIpc) is 2.44. The van der Waals surface area contributed by atoms with Crippen LogP contribution in [0.15, 0.2) is 0 Å². The Hall–Kier alpha value is -0.570. The van der Waals surface area contributed by atoms with Crippen molar-refractivity contribution in [2.75, 3.05) is 14.1 Å². The van der Waals surface area contributed by atoms with Gasteiger partial charge in [-0.3, -0.25) is 9.69 Å². The smallest absolute Gasteiger partial charge is 0.307 e. The van der Waals surface area contributed by atoms with E-state index in [0.717, 1.165) is 12.8 Å². The molecule has 0 saturated carbocycles. The lowest BCUT2D eigenvalue weighted by atomic mass is 10.1. The SMILES string of the molecule is CCCCCCCCCCCCCC(=O)OC(C)N(C)C. The molecular weight excluding hydrogens is 262 g/mol. The summed E-state index contributed by atoms with van der Waals surface area (Å²) in [4.78, 5) is 13.5. The molecule has 3 heteroatoms. The zero-order valence-corrected chi connectivity index (χ0v) is 14.8. The van der Waals surface area contributed by atoms with Gasteiger partial charge in [-0.25, -0.2) is 0 Å². The van der Waals surface area contributed by atoms with E-state index in [0.29, 0.717) is 6.42 Å². The molecule has 0 aromatic heterocycles. The van der Waals surface area contributed by atoms with Gasteiger partial charge in [0.1, 0.15) is 0 Å². The summed E-state index contributed by atoms with van der Waals surface area (Å²) in [6.45, 7) is 4.16. The minimum atomic E-state index is -0.120. The van der Waals surface area contributed by atoms with E-state index >= 15 is 0 Å². The topological polar surface area (TPSA) is 29.5 Å². The summed E-state index contributed by atoms with van der Waals surface area (Å²) in [5.74, 6) is -0.0628. The van der Waals surface area contributed by atoms with Gasteiger partial charge < -0.3 is 4.74 Å². The lowest BCUT2D eigenvalue weighted by Gasteiger charge is -2.19. The standard InChI is InChI=1S/C18H37NO2/c1-5-6-7-8-9-10-11-12-13-14-15-16-18(20)21-17(2)19(3)4/h17H,5-16H2,1-4H3. The molecule has 0 fully saturated rings. The first-order chi connectivity index (χ1) is 10.1. The predicted molar refractivity (Wildman–Crippen MR) is 90.3 cm³/mol. The first-order valence-electron chi connectivity index (χ1n) is 8.93. The van der Waals surface area contributed by atoms with Crippen molar-refractivity contribution in [3.05, 3.63) is 0 Å². The number of rotatable bonds is 14. The third-order valence-corrected chi connectivity index (χ3v) is 4.01. The van der Waals surface area contributed by atoms with E-state index in [1.807, 2.05) is 25.9 Å². The maximum Gasteiger partial charge on any atom is 0.307 e. The van der Waals surface area contributed by atoms with Gasteiger partial charge in [0.2, 0.25) is 0 Å². The van der Waals surface area contributed by atoms with E-state index in [4.69, 9.17) is 4.74 Å². The van der Waals surface area contributed by atoms with Crippen molar-refractivity contribution in [3.63, 3.8) is 0 Å². The van der Waals surface area contributed by atoms with E-state index < -0.39 is 0 Å². The third-order valence-electron chi connectivity index (χ3n) is 4.01. The van der Waals surface area contributed by atoms with Crippen LogP contribution in [0.3, 0.4) is 0 Å². The van der Waals surface area contributed by atoms with Crippen LogP contribution in [0.1, 0.15) is 90.9 Å². The highest BCUT2D eigenvalue weighted by Gasteiger charge is 2.10. The maximum absolute atomic E-state index is 11.6. The fourth-order valence-electron chi connectivity index (χ4n) is 2.29. The Kier molecular flexibility index (Phi) is 14.0. The highest BCUT2D eigenvalue weighted by Crippen LogP contribution is 2.12. The Morgan fingerprint density at radius 2 is 1.29 bits per heavy atom. The van der Waals surface area contributed by atoms with Crippen LogP contribution in [0.25, 0.3) is 0 Å². The second-order valence-electron chi connectivity index (χ2n) is 6.34. The van der Waals surface area contributed by atoms with Crippen LogP contribution in [0.2, 0.25) is 0 Å². The summed E-state index contributed by atoms with van der Waals surface area (Å²) in [5, 5.41) is 0. The molecule has 3 nitrogen and oxygen atoms in total. The molecular formula is C18H37NO2. The zero-order valence-electron chi connectivity index (χ0n) is 14.8. The van der Waals surface area contributed by atoms with Crippen molar-refractivity contribution in [1.29, 1.82) is 0 Å². The lowest BCUT2D eigenvalue weighted by Crippen LogP contribution is -2.29. The number of hydrogen-bond acceptors (Lipinski definition) is 3. The molecule has 21 heavy (non-hydrogen) atoms. The van der Waals surface area contributed by atoms with Crippen molar-refractivity contribution < 1.29 is 9.53 Å². The lowest BCUT2D eigenvalue weighted by molar-refractivity contribution is -0.155. The number of nitrogens with zero attached hydrogens (tertiary/aromatic N) is 1. The molecule has 0 radical (unpaired) electrons. The average molecular weight is 299 g/mol. The molecule has 0 aromatic carbocycles. The molecule has 0 aromatic rings. The van der Waals surface area contributed by atoms with Crippen LogP contribution in [0.5, 0.6) is 0 Å². The van der Waals surface area contributed by atoms with Crippen LogP contribution in [-0.4, -0.2) is 31.2 Å². The van der Waals surface area contributed by atoms with Gasteiger partial charge in [0.25, 0.3) is 0 Å². The number of carbonyl (C=O) groups is 1. The minimum Gasteiger partial charge on any atom is -0.447 e. The molecule has 0 rings (SSSR count). The van der Waals surface area contributed by atoms with Crippen LogP contribution >= 0.6 is 0 Å². The molecule has 0 amide bonds. The summed E-state index contributed by atoms with van der Waals surface area (Å²) < 4.78 is 5.29. The second-order valence-corrected chi connectivity index (χ2v) is 6.34. The van der Waals surface area contributed by atoms with Crippen LogP contribution in [0, 0.1) is 0 Å². The monoisotopic (exact) mass is 299 g/mol. The molecule has 0 aliphatic rings. The van der Waals surface area contributed by atoms with Gasteiger partial charge in [0, 0.05) is 6.42 Å². The zero-order chi connectivity index (χ0) is 15.9. The summed E-state index contributed by atoms with van der Waals surface area (Å²) in [5.41, 5.74) is 0. The fourth-order valence-corrected chi connectivity index (χ4v) is 2.29. The largest absolute Gasteiger partial charge is 0.447 e. The highest BCUT2D eigenvalue weighted by molar-refractivity contribution is 5.69. The van der Waals surface area contributed by atoms with Gasteiger partial charge in [-0.05, 0) is 27.4 Å². The Morgan fingerprint density at radius 1 is 0.857 bits per heavy atom.